The summed E-state index contributed by atoms with van der Waals surface area (Å²) in [5.41, 5.74) is 1.79. The first-order chi connectivity index (χ1) is 10.6. The van der Waals surface area contributed by atoms with Crippen LogP contribution in [0.2, 0.25) is 0 Å². The molecule has 0 bridgehead atoms. The van der Waals surface area contributed by atoms with E-state index in [-0.39, 0.29) is 4.90 Å². The summed E-state index contributed by atoms with van der Waals surface area (Å²) in [5, 5.41) is 0. The average molecular weight is 376 g/mol. The number of halogens is 1. The van der Waals surface area contributed by atoms with Crippen molar-refractivity contribution in [1.29, 1.82) is 0 Å². The molecule has 0 atom stereocenters. The van der Waals surface area contributed by atoms with Crippen molar-refractivity contribution in [2.75, 3.05) is 0 Å². The highest BCUT2D eigenvalue weighted by Crippen LogP contribution is 2.23. The molecule has 0 spiro atoms. The van der Waals surface area contributed by atoms with Gasteiger partial charge in [0, 0.05) is 22.8 Å². The summed E-state index contributed by atoms with van der Waals surface area (Å²) in [6.07, 6.45) is 2.15. The molecule has 0 aliphatic rings. The Hall–Kier alpha value is -1.85. The maximum atomic E-state index is 12.8. The Morgan fingerprint density at radius 3 is 2.14 bits per heavy atom. The highest BCUT2D eigenvalue weighted by Gasteiger charge is 2.20. The van der Waals surface area contributed by atoms with Crippen molar-refractivity contribution in [3.05, 3.63) is 88.7 Å². The van der Waals surface area contributed by atoms with Crippen LogP contribution in [0, 0.1) is 0 Å². The summed E-state index contributed by atoms with van der Waals surface area (Å²) in [7, 11) is -3.58. The first kappa shape index (κ1) is 15.1. The van der Waals surface area contributed by atoms with Gasteiger partial charge >= 0.3 is 0 Å². The van der Waals surface area contributed by atoms with Crippen molar-refractivity contribution >= 4 is 26.0 Å². The third-order valence-corrected chi connectivity index (χ3v) is 5.52. The molecule has 112 valence electrons. The van der Waals surface area contributed by atoms with Crippen molar-refractivity contribution in [1.82, 2.24) is 3.97 Å². The quantitative estimate of drug-likeness (QED) is 0.688. The second kappa shape index (κ2) is 6.10. The molecule has 0 saturated heterocycles. The lowest BCUT2D eigenvalue weighted by Crippen LogP contribution is -2.15. The molecule has 0 amide bonds. The van der Waals surface area contributed by atoms with E-state index in [0.717, 1.165) is 15.7 Å². The number of nitrogens with zero attached hydrogens (tertiary/aromatic N) is 1. The van der Waals surface area contributed by atoms with Gasteiger partial charge < -0.3 is 0 Å². The van der Waals surface area contributed by atoms with E-state index in [1.54, 1.807) is 36.5 Å². The van der Waals surface area contributed by atoms with E-state index in [1.165, 1.54) is 3.97 Å². The Morgan fingerprint density at radius 1 is 0.909 bits per heavy atom. The van der Waals surface area contributed by atoms with Crippen molar-refractivity contribution in [3.8, 4) is 0 Å². The molecule has 3 aromatic rings. The van der Waals surface area contributed by atoms with Gasteiger partial charge in [0.1, 0.15) is 0 Å². The molecule has 0 radical (unpaired) electrons. The van der Waals surface area contributed by atoms with E-state index in [0.29, 0.717) is 6.42 Å². The molecule has 1 heterocycles. The minimum Gasteiger partial charge on any atom is -0.244 e. The molecule has 2 aromatic carbocycles. The van der Waals surface area contributed by atoms with Crippen LogP contribution in [0.3, 0.4) is 0 Å². The normalized spacial score (nSPS) is 11.5. The summed E-state index contributed by atoms with van der Waals surface area (Å²) in [6.45, 7) is 0. The SMILES string of the molecule is O=S(=O)(c1ccccc1)n1cc(Br)cc1Cc1ccccc1. The van der Waals surface area contributed by atoms with Gasteiger partial charge in [0.05, 0.1) is 4.90 Å². The van der Waals surface area contributed by atoms with E-state index in [2.05, 4.69) is 15.9 Å². The van der Waals surface area contributed by atoms with Gasteiger partial charge in [0.25, 0.3) is 10.0 Å². The lowest BCUT2D eigenvalue weighted by Gasteiger charge is -2.10. The van der Waals surface area contributed by atoms with E-state index in [9.17, 15) is 8.42 Å². The molecular formula is C17H14BrNO2S. The smallest absolute Gasteiger partial charge is 0.244 e. The lowest BCUT2D eigenvalue weighted by molar-refractivity contribution is 0.585. The first-order valence-corrected chi connectivity index (χ1v) is 9.02. The number of hydrogen-bond donors (Lipinski definition) is 0. The Balaban J connectivity index is 2.05. The molecule has 3 rings (SSSR count). The number of rotatable bonds is 4. The third kappa shape index (κ3) is 3.00. The van der Waals surface area contributed by atoms with Crippen LogP contribution in [0.4, 0.5) is 0 Å². The van der Waals surface area contributed by atoms with Crippen molar-refractivity contribution in [3.63, 3.8) is 0 Å². The van der Waals surface area contributed by atoms with E-state index in [1.807, 2.05) is 36.4 Å². The lowest BCUT2D eigenvalue weighted by atomic mass is 10.1. The highest BCUT2D eigenvalue weighted by atomic mass is 79.9. The second-order valence-electron chi connectivity index (χ2n) is 4.93. The summed E-state index contributed by atoms with van der Waals surface area (Å²) in [6, 6.07) is 20.1. The van der Waals surface area contributed by atoms with E-state index < -0.39 is 10.0 Å². The van der Waals surface area contributed by atoms with Gasteiger partial charge in [-0.15, -0.1) is 0 Å². The van der Waals surface area contributed by atoms with Crippen LogP contribution >= 0.6 is 15.9 Å². The summed E-state index contributed by atoms with van der Waals surface area (Å²) < 4.78 is 27.7. The topological polar surface area (TPSA) is 39.1 Å². The summed E-state index contributed by atoms with van der Waals surface area (Å²) >= 11 is 3.38. The minimum absolute atomic E-state index is 0.285. The highest BCUT2D eigenvalue weighted by molar-refractivity contribution is 9.10. The van der Waals surface area contributed by atoms with Gasteiger partial charge in [0.2, 0.25) is 0 Å². The fourth-order valence-corrected chi connectivity index (χ4v) is 4.33. The van der Waals surface area contributed by atoms with Crippen LogP contribution in [0.25, 0.3) is 0 Å². The maximum absolute atomic E-state index is 12.8. The van der Waals surface area contributed by atoms with Gasteiger partial charge in [-0.25, -0.2) is 12.4 Å². The molecule has 0 unspecified atom stereocenters. The Bertz CT molecular complexity index is 872. The minimum atomic E-state index is -3.58. The van der Waals surface area contributed by atoms with Crippen molar-refractivity contribution in [2.45, 2.75) is 11.3 Å². The zero-order valence-corrected chi connectivity index (χ0v) is 14.1. The van der Waals surface area contributed by atoms with Gasteiger partial charge in [0.15, 0.2) is 0 Å². The zero-order valence-electron chi connectivity index (χ0n) is 11.7. The average Bonchev–Trinajstić information content (AvgIpc) is 2.90. The van der Waals surface area contributed by atoms with Crippen LogP contribution in [-0.2, 0) is 16.4 Å². The van der Waals surface area contributed by atoms with Crippen LogP contribution in [0.1, 0.15) is 11.3 Å². The molecule has 0 aliphatic carbocycles. The standard InChI is InChI=1S/C17H14BrNO2S/c18-15-12-16(11-14-7-3-1-4-8-14)19(13-15)22(20,21)17-9-5-2-6-10-17/h1-10,12-13H,11H2. The second-order valence-corrected chi connectivity index (χ2v) is 7.66. The van der Waals surface area contributed by atoms with Gasteiger partial charge in [-0.2, -0.15) is 0 Å². The van der Waals surface area contributed by atoms with Crippen molar-refractivity contribution < 1.29 is 8.42 Å². The van der Waals surface area contributed by atoms with Crippen molar-refractivity contribution in [2.24, 2.45) is 0 Å². The van der Waals surface area contributed by atoms with Crippen LogP contribution in [0.5, 0.6) is 0 Å². The molecule has 0 fully saturated rings. The Kier molecular flexibility index (Phi) is 4.18. The molecule has 5 heteroatoms. The predicted octanol–water partition coefficient (Wildman–Crippen LogP) is 4.08. The van der Waals surface area contributed by atoms with E-state index in [4.69, 9.17) is 0 Å². The van der Waals surface area contributed by atoms with Crippen LogP contribution < -0.4 is 0 Å². The maximum Gasteiger partial charge on any atom is 0.267 e. The molecular weight excluding hydrogens is 362 g/mol. The Morgan fingerprint density at radius 2 is 1.50 bits per heavy atom. The fourth-order valence-electron chi connectivity index (χ4n) is 2.32. The molecule has 1 aromatic heterocycles. The van der Waals surface area contributed by atoms with E-state index >= 15 is 0 Å². The summed E-state index contributed by atoms with van der Waals surface area (Å²) in [5.74, 6) is 0. The molecule has 0 aliphatic heterocycles. The molecule has 22 heavy (non-hydrogen) atoms. The zero-order chi connectivity index (χ0) is 15.6. The summed E-state index contributed by atoms with van der Waals surface area (Å²) in [4.78, 5) is 0.285. The van der Waals surface area contributed by atoms with Gasteiger partial charge in [-0.1, -0.05) is 48.5 Å². The van der Waals surface area contributed by atoms with Gasteiger partial charge in [-0.05, 0) is 39.7 Å². The predicted molar refractivity (Wildman–Crippen MR) is 90.4 cm³/mol. The molecule has 3 nitrogen and oxygen atoms in total. The largest absolute Gasteiger partial charge is 0.267 e. The van der Waals surface area contributed by atoms with Gasteiger partial charge in [-0.3, -0.25) is 0 Å². The number of benzene rings is 2. The molecule has 0 saturated carbocycles. The number of aromatic nitrogens is 1. The Labute approximate surface area is 138 Å². The number of hydrogen-bond acceptors (Lipinski definition) is 2. The molecule has 0 N–H and O–H groups in total. The van der Waals surface area contributed by atoms with Crippen LogP contribution in [-0.4, -0.2) is 12.4 Å². The monoisotopic (exact) mass is 375 g/mol. The third-order valence-electron chi connectivity index (χ3n) is 3.36. The van der Waals surface area contributed by atoms with Crippen LogP contribution in [0.15, 0.2) is 82.3 Å². The fraction of sp³-hybridized carbons (Fsp3) is 0.0588. The first-order valence-electron chi connectivity index (χ1n) is 6.79.